The number of halogens is 2. The van der Waals surface area contributed by atoms with Crippen LogP contribution in [0.2, 0.25) is 0 Å². The highest BCUT2D eigenvalue weighted by atomic mass is 19.3. The molecule has 1 N–H and O–H groups in total. The Kier molecular flexibility index (Phi) is 2.85. The molecule has 2 atom stereocenters. The SMILES string of the molecule is O=C(N[C@H]1C[C@H]1C(F)F)c1cnnc2ccccc12. The molecular weight excluding hydrogens is 252 g/mol. The Morgan fingerprint density at radius 2 is 2.16 bits per heavy atom. The molecule has 1 fully saturated rings. The first-order valence-corrected chi connectivity index (χ1v) is 5.96. The highest BCUT2D eigenvalue weighted by molar-refractivity contribution is 6.05. The van der Waals surface area contributed by atoms with Crippen molar-refractivity contribution in [2.45, 2.75) is 18.9 Å². The Morgan fingerprint density at radius 3 is 2.89 bits per heavy atom. The standard InChI is InChI=1S/C13H11F2N3O/c14-12(15)8-5-11(8)17-13(19)9-6-16-18-10-4-2-1-3-7(9)10/h1-4,6,8,11-12H,5H2,(H,17,19)/t8-,11+/m1/s1. The maximum absolute atomic E-state index is 12.4. The van der Waals surface area contributed by atoms with Gasteiger partial charge < -0.3 is 5.32 Å². The van der Waals surface area contributed by atoms with Gasteiger partial charge in [-0.25, -0.2) is 8.78 Å². The van der Waals surface area contributed by atoms with Gasteiger partial charge in [0.2, 0.25) is 6.43 Å². The Morgan fingerprint density at radius 1 is 1.37 bits per heavy atom. The number of carbonyl (C=O) groups excluding carboxylic acids is 1. The van der Waals surface area contributed by atoms with Crippen molar-refractivity contribution in [3.63, 3.8) is 0 Å². The Labute approximate surface area is 107 Å². The zero-order chi connectivity index (χ0) is 13.4. The third-order valence-electron chi connectivity index (χ3n) is 3.27. The second-order valence-electron chi connectivity index (χ2n) is 4.59. The zero-order valence-corrected chi connectivity index (χ0v) is 9.88. The van der Waals surface area contributed by atoms with Crippen LogP contribution in [-0.2, 0) is 0 Å². The number of hydrogen-bond acceptors (Lipinski definition) is 3. The number of fused-ring (bicyclic) bond motifs is 1. The predicted octanol–water partition coefficient (Wildman–Crippen LogP) is 2.01. The molecule has 19 heavy (non-hydrogen) atoms. The molecule has 0 unspecified atom stereocenters. The number of hydrogen-bond donors (Lipinski definition) is 1. The smallest absolute Gasteiger partial charge is 0.253 e. The van der Waals surface area contributed by atoms with E-state index in [2.05, 4.69) is 15.5 Å². The van der Waals surface area contributed by atoms with Crippen LogP contribution in [0.5, 0.6) is 0 Å². The van der Waals surface area contributed by atoms with E-state index in [4.69, 9.17) is 0 Å². The summed E-state index contributed by atoms with van der Waals surface area (Å²) >= 11 is 0. The fourth-order valence-corrected chi connectivity index (χ4v) is 2.09. The van der Waals surface area contributed by atoms with Crippen molar-refractivity contribution in [1.29, 1.82) is 0 Å². The third-order valence-corrected chi connectivity index (χ3v) is 3.27. The summed E-state index contributed by atoms with van der Waals surface area (Å²) < 4.78 is 24.8. The van der Waals surface area contributed by atoms with Crippen molar-refractivity contribution < 1.29 is 13.6 Å². The van der Waals surface area contributed by atoms with Crippen LogP contribution >= 0.6 is 0 Å². The molecule has 1 aliphatic rings. The van der Waals surface area contributed by atoms with Crippen LogP contribution < -0.4 is 5.32 Å². The molecule has 0 radical (unpaired) electrons. The van der Waals surface area contributed by atoms with Gasteiger partial charge in [-0.15, -0.1) is 0 Å². The number of benzene rings is 1. The van der Waals surface area contributed by atoms with Gasteiger partial charge in [0.05, 0.1) is 17.3 Å². The van der Waals surface area contributed by atoms with Crippen LogP contribution in [0.1, 0.15) is 16.8 Å². The number of carbonyl (C=O) groups is 1. The van der Waals surface area contributed by atoms with Crippen molar-refractivity contribution in [2.24, 2.45) is 5.92 Å². The van der Waals surface area contributed by atoms with Gasteiger partial charge in [0, 0.05) is 17.3 Å². The number of alkyl halides is 2. The molecule has 0 aliphatic heterocycles. The van der Waals surface area contributed by atoms with Crippen molar-refractivity contribution in [3.05, 3.63) is 36.0 Å². The van der Waals surface area contributed by atoms with Crippen LogP contribution in [0.4, 0.5) is 8.78 Å². The van der Waals surface area contributed by atoms with Gasteiger partial charge >= 0.3 is 0 Å². The number of nitrogens with one attached hydrogen (secondary N) is 1. The van der Waals surface area contributed by atoms with Crippen LogP contribution in [0.25, 0.3) is 10.9 Å². The van der Waals surface area contributed by atoms with Crippen LogP contribution in [-0.4, -0.2) is 28.6 Å². The van der Waals surface area contributed by atoms with Crippen molar-refractivity contribution >= 4 is 16.8 Å². The second kappa shape index (κ2) is 4.53. The van der Waals surface area contributed by atoms with Crippen LogP contribution in [0.15, 0.2) is 30.5 Å². The summed E-state index contributed by atoms with van der Waals surface area (Å²) in [6.45, 7) is 0. The molecule has 6 heteroatoms. The lowest BCUT2D eigenvalue weighted by atomic mass is 10.1. The summed E-state index contributed by atoms with van der Waals surface area (Å²) in [6, 6.07) is 6.67. The number of amides is 1. The molecular formula is C13H11F2N3O. The summed E-state index contributed by atoms with van der Waals surface area (Å²) in [7, 11) is 0. The lowest BCUT2D eigenvalue weighted by Gasteiger charge is -2.06. The minimum Gasteiger partial charge on any atom is -0.349 e. The summed E-state index contributed by atoms with van der Waals surface area (Å²) in [5.41, 5.74) is 0.974. The first kappa shape index (κ1) is 12.0. The first-order valence-electron chi connectivity index (χ1n) is 5.96. The quantitative estimate of drug-likeness (QED) is 0.921. The first-order chi connectivity index (χ1) is 9.16. The predicted molar refractivity (Wildman–Crippen MR) is 64.9 cm³/mol. The fraction of sp³-hybridized carbons (Fsp3) is 0.308. The highest BCUT2D eigenvalue weighted by Gasteiger charge is 2.45. The van der Waals surface area contributed by atoms with E-state index in [0.29, 0.717) is 22.9 Å². The minimum atomic E-state index is -2.38. The molecule has 1 amide bonds. The average Bonchev–Trinajstić information content (AvgIpc) is 3.17. The van der Waals surface area contributed by atoms with Gasteiger partial charge in [-0.3, -0.25) is 4.79 Å². The van der Waals surface area contributed by atoms with E-state index < -0.39 is 18.4 Å². The Hall–Kier alpha value is -2.11. The molecule has 1 aliphatic carbocycles. The molecule has 1 saturated carbocycles. The van der Waals surface area contributed by atoms with Crippen molar-refractivity contribution in [2.75, 3.05) is 0 Å². The molecule has 1 aromatic carbocycles. The number of nitrogens with zero attached hydrogens (tertiary/aromatic N) is 2. The largest absolute Gasteiger partial charge is 0.349 e. The third kappa shape index (κ3) is 2.25. The van der Waals surface area contributed by atoms with Gasteiger partial charge in [0.1, 0.15) is 0 Å². The summed E-state index contributed by atoms with van der Waals surface area (Å²) in [6.07, 6.45) is -0.685. The summed E-state index contributed by atoms with van der Waals surface area (Å²) in [4.78, 5) is 12.1. The van der Waals surface area contributed by atoms with E-state index in [9.17, 15) is 13.6 Å². The van der Waals surface area contributed by atoms with E-state index in [1.165, 1.54) is 6.20 Å². The summed E-state index contributed by atoms with van der Waals surface area (Å²) in [5, 5.41) is 10.9. The fourth-order valence-electron chi connectivity index (χ4n) is 2.09. The topological polar surface area (TPSA) is 54.9 Å². The van der Waals surface area contributed by atoms with Gasteiger partial charge in [0.25, 0.3) is 5.91 Å². The van der Waals surface area contributed by atoms with Crippen LogP contribution in [0.3, 0.4) is 0 Å². The van der Waals surface area contributed by atoms with E-state index >= 15 is 0 Å². The van der Waals surface area contributed by atoms with Crippen LogP contribution in [0, 0.1) is 5.92 Å². The highest BCUT2D eigenvalue weighted by Crippen LogP contribution is 2.36. The minimum absolute atomic E-state index is 0.333. The Bertz CT molecular complexity index is 627. The normalized spacial score (nSPS) is 21.6. The van der Waals surface area contributed by atoms with Gasteiger partial charge in [-0.05, 0) is 12.5 Å². The molecule has 3 rings (SSSR count). The molecule has 0 saturated heterocycles. The maximum atomic E-state index is 12.4. The Balaban J connectivity index is 1.83. The van der Waals surface area contributed by atoms with Gasteiger partial charge in [-0.1, -0.05) is 18.2 Å². The van der Waals surface area contributed by atoms with Crippen molar-refractivity contribution in [3.8, 4) is 0 Å². The molecule has 0 spiro atoms. The van der Waals surface area contributed by atoms with Gasteiger partial charge in [-0.2, -0.15) is 10.2 Å². The lowest BCUT2D eigenvalue weighted by molar-refractivity contribution is 0.0927. The molecule has 98 valence electrons. The van der Waals surface area contributed by atoms with E-state index in [1.54, 1.807) is 24.3 Å². The molecule has 4 nitrogen and oxygen atoms in total. The van der Waals surface area contributed by atoms with E-state index in [-0.39, 0.29) is 5.91 Å². The van der Waals surface area contributed by atoms with Crippen molar-refractivity contribution in [1.82, 2.24) is 15.5 Å². The molecule has 1 aromatic heterocycles. The average molecular weight is 263 g/mol. The monoisotopic (exact) mass is 263 g/mol. The van der Waals surface area contributed by atoms with E-state index in [0.717, 1.165) is 0 Å². The second-order valence-corrected chi connectivity index (χ2v) is 4.59. The molecule has 1 heterocycles. The number of rotatable bonds is 3. The molecule has 2 aromatic rings. The zero-order valence-electron chi connectivity index (χ0n) is 9.88. The number of aromatic nitrogens is 2. The van der Waals surface area contributed by atoms with E-state index in [1.807, 2.05) is 0 Å². The lowest BCUT2D eigenvalue weighted by Crippen LogP contribution is -2.28. The van der Waals surface area contributed by atoms with Gasteiger partial charge in [0.15, 0.2) is 0 Å². The summed E-state index contributed by atoms with van der Waals surface area (Å²) in [5.74, 6) is -1.09. The maximum Gasteiger partial charge on any atom is 0.253 e. The molecule has 0 bridgehead atoms.